The van der Waals surface area contributed by atoms with Gasteiger partial charge in [-0.15, -0.1) is 10.2 Å². The van der Waals surface area contributed by atoms with Gasteiger partial charge in [-0.2, -0.15) is 0 Å². The zero-order valence-corrected chi connectivity index (χ0v) is 16.9. The lowest BCUT2D eigenvalue weighted by atomic mass is 10.0. The molecule has 0 aliphatic carbocycles. The summed E-state index contributed by atoms with van der Waals surface area (Å²) in [7, 11) is 0. The number of carbonyl (C=O) groups is 1. The molecule has 1 N–H and O–H groups in total. The van der Waals surface area contributed by atoms with Crippen LogP contribution in [0.15, 0.2) is 64.1 Å². The molecule has 30 heavy (non-hydrogen) atoms. The average molecular weight is 402 g/mol. The van der Waals surface area contributed by atoms with Crippen LogP contribution in [-0.2, 0) is 13.0 Å². The summed E-state index contributed by atoms with van der Waals surface area (Å²) in [6.07, 6.45) is 2.23. The maximum Gasteiger partial charge on any atom is 0.255 e. The van der Waals surface area contributed by atoms with Crippen LogP contribution < -0.4 is 10.7 Å². The molecule has 7 heteroatoms. The smallest absolute Gasteiger partial charge is 0.255 e. The summed E-state index contributed by atoms with van der Waals surface area (Å²) < 4.78 is 8.04. The second-order valence-corrected chi connectivity index (χ2v) is 6.97. The van der Waals surface area contributed by atoms with Crippen LogP contribution in [0.1, 0.15) is 28.7 Å². The molecule has 2 aromatic carbocycles. The van der Waals surface area contributed by atoms with Gasteiger partial charge in [-0.25, -0.2) is 0 Å². The summed E-state index contributed by atoms with van der Waals surface area (Å²) in [6.45, 7) is 4.92. The number of amides is 1. The Bertz CT molecular complexity index is 1260. The first-order chi connectivity index (χ1) is 14.6. The Labute approximate surface area is 173 Å². The van der Waals surface area contributed by atoms with Gasteiger partial charge in [0.1, 0.15) is 17.9 Å². The molecule has 1 amide bonds. The fourth-order valence-corrected chi connectivity index (χ4v) is 3.47. The van der Waals surface area contributed by atoms with Crippen LogP contribution in [0.4, 0.5) is 0 Å². The summed E-state index contributed by atoms with van der Waals surface area (Å²) in [4.78, 5) is 25.8. The van der Waals surface area contributed by atoms with Crippen LogP contribution in [0.5, 0.6) is 0 Å². The number of hydrogen-bond donors (Lipinski definition) is 1. The molecule has 7 nitrogen and oxygen atoms in total. The minimum atomic E-state index is -0.297. The zero-order valence-electron chi connectivity index (χ0n) is 16.9. The van der Waals surface area contributed by atoms with E-state index in [1.54, 1.807) is 31.5 Å². The fraction of sp³-hybridized carbons (Fsp3) is 0.217. The number of para-hydroxylation sites is 1. The van der Waals surface area contributed by atoms with Crippen molar-refractivity contribution in [3.8, 4) is 11.3 Å². The SMILES string of the molecule is CCn1cnnc1CCNC(=O)c1cccc2c(=O)c(C)c(-c3ccccc3)oc12. The molecule has 0 spiro atoms. The first-order valence-electron chi connectivity index (χ1n) is 9.87. The lowest BCUT2D eigenvalue weighted by Crippen LogP contribution is -2.27. The quantitative estimate of drug-likeness (QED) is 0.534. The number of aryl methyl sites for hydroxylation is 1. The predicted molar refractivity (Wildman–Crippen MR) is 114 cm³/mol. The van der Waals surface area contributed by atoms with Crippen molar-refractivity contribution < 1.29 is 9.21 Å². The molecule has 0 fully saturated rings. The van der Waals surface area contributed by atoms with Gasteiger partial charge in [0.25, 0.3) is 5.91 Å². The van der Waals surface area contributed by atoms with Crippen molar-refractivity contribution in [2.45, 2.75) is 26.8 Å². The van der Waals surface area contributed by atoms with Gasteiger partial charge < -0.3 is 14.3 Å². The number of hydrogen-bond acceptors (Lipinski definition) is 5. The molecule has 0 saturated heterocycles. The summed E-state index contributed by atoms with van der Waals surface area (Å²) >= 11 is 0. The molecule has 152 valence electrons. The van der Waals surface area contributed by atoms with E-state index in [-0.39, 0.29) is 11.3 Å². The van der Waals surface area contributed by atoms with Gasteiger partial charge in [0.15, 0.2) is 11.0 Å². The van der Waals surface area contributed by atoms with Crippen molar-refractivity contribution in [3.05, 3.63) is 82.0 Å². The predicted octanol–water partition coefficient (Wildman–Crippen LogP) is 3.35. The second-order valence-electron chi connectivity index (χ2n) is 6.97. The van der Waals surface area contributed by atoms with Crippen molar-refractivity contribution in [1.82, 2.24) is 20.1 Å². The number of aromatic nitrogens is 3. The van der Waals surface area contributed by atoms with Crippen molar-refractivity contribution in [3.63, 3.8) is 0 Å². The van der Waals surface area contributed by atoms with E-state index in [1.165, 1.54) is 0 Å². The molecule has 0 aliphatic heterocycles. The van der Waals surface area contributed by atoms with Crippen molar-refractivity contribution >= 4 is 16.9 Å². The van der Waals surface area contributed by atoms with Gasteiger partial charge in [0, 0.05) is 30.6 Å². The highest BCUT2D eigenvalue weighted by Crippen LogP contribution is 2.27. The van der Waals surface area contributed by atoms with E-state index in [0.717, 1.165) is 17.9 Å². The van der Waals surface area contributed by atoms with Gasteiger partial charge >= 0.3 is 0 Å². The Morgan fingerprint density at radius 2 is 1.93 bits per heavy atom. The lowest BCUT2D eigenvalue weighted by molar-refractivity contribution is 0.0954. The summed E-state index contributed by atoms with van der Waals surface area (Å²) in [5.41, 5.74) is 1.80. The van der Waals surface area contributed by atoms with Crippen LogP contribution in [0.3, 0.4) is 0 Å². The topological polar surface area (TPSA) is 90.0 Å². The molecule has 0 atom stereocenters. The van der Waals surface area contributed by atoms with Crippen LogP contribution >= 0.6 is 0 Å². The third kappa shape index (κ3) is 3.61. The minimum absolute atomic E-state index is 0.138. The van der Waals surface area contributed by atoms with Gasteiger partial charge in [0.05, 0.1) is 10.9 Å². The summed E-state index contributed by atoms with van der Waals surface area (Å²) in [5, 5.41) is 11.3. The van der Waals surface area contributed by atoms with Crippen molar-refractivity contribution in [2.75, 3.05) is 6.54 Å². The first-order valence-corrected chi connectivity index (χ1v) is 9.87. The zero-order chi connectivity index (χ0) is 21.1. The number of carbonyl (C=O) groups excluding carboxylic acids is 1. The van der Waals surface area contributed by atoms with Crippen molar-refractivity contribution in [2.24, 2.45) is 0 Å². The third-order valence-corrected chi connectivity index (χ3v) is 5.10. The molecule has 4 rings (SSSR count). The van der Waals surface area contributed by atoms with Crippen LogP contribution in [-0.4, -0.2) is 27.2 Å². The van der Waals surface area contributed by atoms with E-state index in [9.17, 15) is 9.59 Å². The molecule has 2 aromatic heterocycles. The third-order valence-electron chi connectivity index (χ3n) is 5.10. The van der Waals surface area contributed by atoms with Crippen molar-refractivity contribution in [1.29, 1.82) is 0 Å². The van der Waals surface area contributed by atoms with E-state index in [0.29, 0.717) is 40.8 Å². The summed E-state index contributed by atoms with van der Waals surface area (Å²) in [5.74, 6) is 0.989. The normalized spacial score (nSPS) is 11.0. The molecule has 2 heterocycles. The molecule has 0 saturated carbocycles. The van der Waals surface area contributed by atoms with E-state index in [2.05, 4.69) is 15.5 Å². The number of fused-ring (bicyclic) bond motifs is 1. The Morgan fingerprint density at radius 1 is 1.13 bits per heavy atom. The molecular formula is C23H22N4O3. The second kappa shape index (κ2) is 8.32. The average Bonchev–Trinajstić information content (AvgIpc) is 3.24. The van der Waals surface area contributed by atoms with Crippen LogP contribution in [0.2, 0.25) is 0 Å². The molecule has 0 unspecified atom stereocenters. The van der Waals surface area contributed by atoms with E-state index >= 15 is 0 Å². The Balaban J connectivity index is 1.66. The van der Waals surface area contributed by atoms with E-state index in [4.69, 9.17) is 4.42 Å². The largest absolute Gasteiger partial charge is 0.455 e. The molecule has 0 radical (unpaired) electrons. The molecule has 0 bridgehead atoms. The summed E-state index contributed by atoms with van der Waals surface area (Å²) in [6, 6.07) is 14.5. The Morgan fingerprint density at radius 3 is 2.70 bits per heavy atom. The number of benzene rings is 2. The van der Waals surface area contributed by atoms with Crippen LogP contribution in [0, 0.1) is 6.92 Å². The van der Waals surface area contributed by atoms with Crippen LogP contribution in [0.25, 0.3) is 22.3 Å². The highest BCUT2D eigenvalue weighted by Gasteiger charge is 2.18. The monoisotopic (exact) mass is 402 g/mol. The minimum Gasteiger partial charge on any atom is -0.455 e. The highest BCUT2D eigenvalue weighted by molar-refractivity contribution is 6.05. The fourth-order valence-electron chi connectivity index (χ4n) is 3.47. The first kappa shape index (κ1) is 19.6. The van der Waals surface area contributed by atoms with Gasteiger partial charge in [-0.3, -0.25) is 9.59 Å². The lowest BCUT2D eigenvalue weighted by Gasteiger charge is -2.11. The van der Waals surface area contributed by atoms with E-state index in [1.807, 2.05) is 41.8 Å². The number of rotatable bonds is 6. The maximum atomic E-state index is 12.9. The molecule has 0 aliphatic rings. The van der Waals surface area contributed by atoms with Gasteiger partial charge in [0.2, 0.25) is 0 Å². The van der Waals surface area contributed by atoms with Gasteiger partial charge in [-0.05, 0) is 26.0 Å². The number of nitrogens with zero attached hydrogens (tertiary/aromatic N) is 3. The molecule has 4 aromatic rings. The highest BCUT2D eigenvalue weighted by atomic mass is 16.3. The van der Waals surface area contributed by atoms with E-state index < -0.39 is 0 Å². The molecular weight excluding hydrogens is 380 g/mol. The Kier molecular flexibility index (Phi) is 5.43. The van der Waals surface area contributed by atoms with Gasteiger partial charge in [-0.1, -0.05) is 36.4 Å². The Hall–Kier alpha value is -3.74. The number of nitrogens with one attached hydrogen (secondary N) is 1. The standard InChI is InChI=1S/C23H22N4O3/c1-3-27-14-25-26-19(27)12-13-24-23(29)18-11-7-10-17-20(28)15(2)21(30-22(17)18)16-8-5-4-6-9-16/h4-11,14H,3,12-13H2,1-2H3,(H,24,29). The maximum absolute atomic E-state index is 12.9.